The Morgan fingerprint density at radius 2 is 1.50 bits per heavy atom. The molecule has 0 radical (unpaired) electrons. The largest absolute Gasteiger partial charge is 0.293 e. The summed E-state index contributed by atoms with van der Waals surface area (Å²) < 4.78 is 0. The van der Waals surface area contributed by atoms with Crippen molar-refractivity contribution in [1.29, 1.82) is 0 Å². The molecule has 3 aromatic rings. The van der Waals surface area contributed by atoms with Gasteiger partial charge in [-0.15, -0.1) is 11.8 Å². The van der Waals surface area contributed by atoms with E-state index in [1.165, 1.54) is 10.8 Å². The summed E-state index contributed by atoms with van der Waals surface area (Å²) in [6, 6.07) is 23.9. The fourth-order valence-corrected chi connectivity index (χ4v) is 3.14. The van der Waals surface area contributed by atoms with Crippen molar-refractivity contribution in [2.24, 2.45) is 0 Å². The van der Waals surface area contributed by atoms with E-state index in [0.717, 1.165) is 10.5 Å². The quantitative estimate of drug-likeness (QED) is 0.503. The molecule has 0 aromatic heterocycles. The van der Waals surface area contributed by atoms with Gasteiger partial charge >= 0.3 is 0 Å². The molecule has 0 N–H and O–H groups in total. The zero-order chi connectivity index (χ0) is 13.8. The summed E-state index contributed by atoms with van der Waals surface area (Å²) in [5, 5.41) is 2.42. The molecule has 3 rings (SSSR count). The monoisotopic (exact) mass is 278 g/mol. The average molecular weight is 278 g/mol. The predicted molar refractivity (Wildman–Crippen MR) is 85.4 cm³/mol. The van der Waals surface area contributed by atoms with Crippen LogP contribution in [-0.2, 0) is 0 Å². The van der Waals surface area contributed by atoms with Crippen LogP contribution in [0.2, 0.25) is 0 Å². The molecule has 0 unspecified atom stereocenters. The molecule has 20 heavy (non-hydrogen) atoms. The van der Waals surface area contributed by atoms with Crippen LogP contribution in [0.3, 0.4) is 0 Å². The number of rotatable bonds is 4. The Morgan fingerprint density at radius 1 is 0.800 bits per heavy atom. The summed E-state index contributed by atoms with van der Waals surface area (Å²) in [4.78, 5) is 13.3. The maximum atomic E-state index is 12.1. The predicted octanol–water partition coefficient (Wildman–Crippen LogP) is 4.81. The Labute approximate surface area is 122 Å². The molecule has 0 bridgehead atoms. The van der Waals surface area contributed by atoms with E-state index >= 15 is 0 Å². The molecule has 0 spiro atoms. The van der Waals surface area contributed by atoms with Crippen LogP contribution in [0.15, 0.2) is 77.7 Å². The van der Waals surface area contributed by atoms with Crippen LogP contribution >= 0.6 is 11.8 Å². The van der Waals surface area contributed by atoms with Crippen LogP contribution in [-0.4, -0.2) is 11.5 Å². The first-order valence-corrected chi connectivity index (χ1v) is 7.52. The molecule has 0 heterocycles. The van der Waals surface area contributed by atoms with Gasteiger partial charge in [-0.3, -0.25) is 4.79 Å². The first-order chi connectivity index (χ1) is 9.84. The fourth-order valence-electron chi connectivity index (χ4n) is 2.17. The maximum Gasteiger partial charge on any atom is 0.173 e. The Morgan fingerprint density at radius 3 is 2.35 bits per heavy atom. The molecule has 2 heteroatoms. The van der Waals surface area contributed by atoms with Crippen LogP contribution in [0, 0.1) is 0 Å². The number of hydrogen-bond donors (Lipinski definition) is 0. The van der Waals surface area contributed by atoms with Crippen LogP contribution in [0.1, 0.15) is 10.4 Å². The van der Waals surface area contributed by atoms with E-state index in [-0.39, 0.29) is 5.78 Å². The van der Waals surface area contributed by atoms with Crippen molar-refractivity contribution in [3.8, 4) is 0 Å². The summed E-state index contributed by atoms with van der Waals surface area (Å²) in [5.74, 6) is 0.640. The molecular weight excluding hydrogens is 264 g/mol. The Balaban J connectivity index is 1.79. The van der Waals surface area contributed by atoms with Crippen molar-refractivity contribution in [3.63, 3.8) is 0 Å². The maximum absolute atomic E-state index is 12.1. The number of ketones is 1. The Hall–Kier alpha value is -2.06. The van der Waals surface area contributed by atoms with Crippen LogP contribution < -0.4 is 0 Å². The first-order valence-electron chi connectivity index (χ1n) is 6.53. The third-order valence-corrected chi connectivity index (χ3v) is 4.28. The minimum atomic E-state index is 0.170. The van der Waals surface area contributed by atoms with Gasteiger partial charge in [-0.2, -0.15) is 0 Å². The molecule has 0 aliphatic rings. The van der Waals surface area contributed by atoms with Gasteiger partial charge in [-0.05, 0) is 16.8 Å². The van der Waals surface area contributed by atoms with Crippen LogP contribution in [0.5, 0.6) is 0 Å². The summed E-state index contributed by atoms with van der Waals surface area (Å²) >= 11 is 1.60. The van der Waals surface area contributed by atoms with Crippen LogP contribution in [0.25, 0.3) is 10.8 Å². The van der Waals surface area contributed by atoms with Crippen molar-refractivity contribution in [1.82, 2.24) is 0 Å². The average Bonchev–Trinajstić information content (AvgIpc) is 2.53. The Bertz CT molecular complexity index is 729. The SMILES string of the molecule is O=C(CSc1cccc2ccccc12)c1ccccc1. The molecule has 0 amide bonds. The summed E-state index contributed by atoms with van der Waals surface area (Å²) in [5.41, 5.74) is 0.778. The number of Topliss-reactive ketones (excluding diaryl/α,β-unsaturated/α-hetero) is 1. The van der Waals surface area contributed by atoms with Gasteiger partial charge in [0.05, 0.1) is 5.75 Å². The lowest BCUT2D eigenvalue weighted by atomic mass is 10.1. The molecule has 0 saturated heterocycles. The molecule has 3 aromatic carbocycles. The van der Waals surface area contributed by atoms with Gasteiger partial charge in [0, 0.05) is 10.5 Å². The number of carbonyl (C=O) groups is 1. The lowest BCUT2D eigenvalue weighted by Crippen LogP contribution is -2.01. The molecule has 0 fully saturated rings. The molecule has 0 atom stereocenters. The van der Waals surface area contributed by atoms with Crippen molar-refractivity contribution in [2.45, 2.75) is 4.90 Å². The zero-order valence-corrected chi connectivity index (χ0v) is 11.8. The van der Waals surface area contributed by atoms with E-state index in [4.69, 9.17) is 0 Å². The van der Waals surface area contributed by atoms with Gasteiger partial charge in [0.1, 0.15) is 0 Å². The third kappa shape index (κ3) is 2.75. The highest BCUT2D eigenvalue weighted by molar-refractivity contribution is 8.00. The first kappa shape index (κ1) is 12.9. The van der Waals surface area contributed by atoms with Crippen molar-refractivity contribution in [2.75, 3.05) is 5.75 Å². The second kappa shape index (κ2) is 5.93. The Kier molecular flexibility index (Phi) is 3.84. The number of thioether (sulfide) groups is 1. The highest BCUT2D eigenvalue weighted by Gasteiger charge is 2.07. The normalized spacial score (nSPS) is 10.6. The summed E-state index contributed by atoms with van der Waals surface area (Å²) in [6.07, 6.45) is 0. The topological polar surface area (TPSA) is 17.1 Å². The number of benzene rings is 3. The van der Waals surface area contributed by atoms with Gasteiger partial charge in [-0.1, -0.05) is 66.7 Å². The smallest absolute Gasteiger partial charge is 0.173 e. The van der Waals surface area contributed by atoms with E-state index in [2.05, 4.69) is 24.3 Å². The highest BCUT2D eigenvalue weighted by atomic mass is 32.2. The van der Waals surface area contributed by atoms with Crippen molar-refractivity contribution < 1.29 is 4.79 Å². The van der Waals surface area contributed by atoms with Gasteiger partial charge in [0.25, 0.3) is 0 Å². The zero-order valence-electron chi connectivity index (χ0n) is 11.0. The van der Waals surface area contributed by atoms with E-state index in [1.807, 2.05) is 48.5 Å². The van der Waals surface area contributed by atoms with Gasteiger partial charge < -0.3 is 0 Å². The molecular formula is C18H14OS. The molecule has 0 saturated carbocycles. The highest BCUT2D eigenvalue weighted by Crippen LogP contribution is 2.28. The number of hydrogen-bond acceptors (Lipinski definition) is 2. The lowest BCUT2D eigenvalue weighted by Gasteiger charge is -2.06. The van der Waals surface area contributed by atoms with Gasteiger partial charge in [0.2, 0.25) is 0 Å². The second-order valence-electron chi connectivity index (χ2n) is 4.56. The van der Waals surface area contributed by atoms with E-state index in [1.54, 1.807) is 11.8 Å². The van der Waals surface area contributed by atoms with Gasteiger partial charge in [0.15, 0.2) is 5.78 Å². The molecule has 0 aliphatic heterocycles. The molecule has 98 valence electrons. The second-order valence-corrected chi connectivity index (χ2v) is 5.57. The fraction of sp³-hybridized carbons (Fsp3) is 0.0556. The number of carbonyl (C=O) groups excluding carboxylic acids is 1. The van der Waals surface area contributed by atoms with E-state index in [0.29, 0.717) is 5.75 Å². The van der Waals surface area contributed by atoms with E-state index in [9.17, 15) is 4.79 Å². The van der Waals surface area contributed by atoms with Crippen molar-refractivity contribution >= 4 is 28.3 Å². The standard InChI is InChI=1S/C18H14OS/c19-17(15-8-2-1-3-9-15)13-20-18-12-6-10-14-7-4-5-11-16(14)18/h1-12H,13H2. The van der Waals surface area contributed by atoms with Crippen molar-refractivity contribution in [3.05, 3.63) is 78.4 Å². The van der Waals surface area contributed by atoms with E-state index < -0.39 is 0 Å². The summed E-state index contributed by atoms with van der Waals surface area (Å²) in [6.45, 7) is 0. The third-order valence-electron chi connectivity index (χ3n) is 3.20. The van der Waals surface area contributed by atoms with Crippen LogP contribution in [0.4, 0.5) is 0 Å². The minimum Gasteiger partial charge on any atom is -0.293 e. The van der Waals surface area contributed by atoms with Gasteiger partial charge in [-0.25, -0.2) is 0 Å². The minimum absolute atomic E-state index is 0.170. The molecule has 0 aliphatic carbocycles. The summed E-state index contributed by atoms with van der Waals surface area (Å²) in [7, 11) is 0. The lowest BCUT2D eigenvalue weighted by molar-refractivity contribution is 0.102. The molecule has 1 nitrogen and oxygen atoms in total. The number of fused-ring (bicyclic) bond motifs is 1.